The molecule has 0 bridgehead atoms. The van der Waals surface area contributed by atoms with Gasteiger partial charge in [0.05, 0.1) is 11.8 Å². The van der Waals surface area contributed by atoms with Gasteiger partial charge in [-0.3, -0.25) is 4.79 Å². The summed E-state index contributed by atoms with van der Waals surface area (Å²) >= 11 is 0. The molecular formula is C13H16F2N2O3S. The van der Waals surface area contributed by atoms with Crippen molar-refractivity contribution in [2.45, 2.75) is 18.9 Å². The quantitative estimate of drug-likeness (QED) is 0.908. The molecule has 21 heavy (non-hydrogen) atoms. The van der Waals surface area contributed by atoms with E-state index in [1.807, 2.05) is 0 Å². The lowest BCUT2D eigenvalue weighted by Gasteiger charge is -2.32. The van der Waals surface area contributed by atoms with Crippen LogP contribution in [-0.4, -0.2) is 44.6 Å². The fourth-order valence-electron chi connectivity index (χ4n) is 2.34. The highest BCUT2D eigenvalue weighted by atomic mass is 32.2. The van der Waals surface area contributed by atoms with Gasteiger partial charge in [0.25, 0.3) is 5.91 Å². The van der Waals surface area contributed by atoms with Crippen LogP contribution in [0, 0.1) is 11.6 Å². The van der Waals surface area contributed by atoms with E-state index < -0.39 is 27.6 Å². The summed E-state index contributed by atoms with van der Waals surface area (Å²) < 4.78 is 51.5. The number of nitrogens with zero attached hydrogens (tertiary/aromatic N) is 1. The maximum Gasteiger partial charge on any atom is 0.256 e. The second-order valence-electron chi connectivity index (χ2n) is 5.06. The van der Waals surface area contributed by atoms with Gasteiger partial charge >= 0.3 is 0 Å². The van der Waals surface area contributed by atoms with Gasteiger partial charge in [0, 0.05) is 19.1 Å². The van der Waals surface area contributed by atoms with E-state index in [9.17, 15) is 22.0 Å². The first-order chi connectivity index (χ1) is 9.78. The molecule has 0 unspecified atom stereocenters. The van der Waals surface area contributed by atoms with Crippen LogP contribution in [0.3, 0.4) is 0 Å². The molecule has 1 amide bonds. The minimum Gasteiger partial charge on any atom is -0.338 e. The summed E-state index contributed by atoms with van der Waals surface area (Å²) in [5.41, 5.74) is -0.301. The number of carbonyl (C=O) groups is 1. The monoisotopic (exact) mass is 318 g/mol. The van der Waals surface area contributed by atoms with Crippen LogP contribution in [0.1, 0.15) is 23.2 Å². The summed E-state index contributed by atoms with van der Waals surface area (Å²) in [4.78, 5) is 13.5. The van der Waals surface area contributed by atoms with Gasteiger partial charge in [-0.2, -0.15) is 0 Å². The van der Waals surface area contributed by atoms with E-state index in [0.717, 1.165) is 12.3 Å². The molecule has 1 aromatic rings. The molecule has 1 saturated heterocycles. The van der Waals surface area contributed by atoms with Gasteiger partial charge in [0.15, 0.2) is 11.6 Å². The normalized spacial score (nSPS) is 17.0. The SMILES string of the molecule is CS(=O)(=O)NC1CCN(C(=O)c2cccc(F)c2F)CC1. The molecule has 0 spiro atoms. The highest BCUT2D eigenvalue weighted by molar-refractivity contribution is 7.88. The molecule has 0 atom stereocenters. The van der Waals surface area contributed by atoms with E-state index in [2.05, 4.69) is 4.72 Å². The number of nitrogens with one attached hydrogen (secondary N) is 1. The Hall–Kier alpha value is -1.54. The first-order valence-electron chi connectivity index (χ1n) is 6.48. The molecule has 0 aliphatic carbocycles. The van der Waals surface area contributed by atoms with Crippen molar-refractivity contribution in [2.75, 3.05) is 19.3 Å². The zero-order valence-corrected chi connectivity index (χ0v) is 12.3. The van der Waals surface area contributed by atoms with Gasteiger partial charge in [-0.15, -0.1) is 0 Å². The molecule has 0 aromatic heterocycles. The summed E-state index contributed by atoms with van der Waals surface area (Å²) in [6.45, 7) is 0.587. The average Bonchev–Trinajstić information content (AvgIpc) is 2.40. The maximum absolute atomic E-state index is 13.6. The van der Waals surface area contributed by atoms with E-state index in [1.165, 1.54) is 17.0 Å². The van der Waals surface area contributed by atoms with Crippen molar-refractivity contribution in [1.29, 1.82) is 0 Å². The molecule has 1 fully saturated rings. The summed E-state index contributed by atoms with van der Waals surface area (Å²) in [5, 5.41) is 0. The Bertz CT molecular complexity index is 641. The molecule has 5 nitrogen and oxygen atoms in total. The number of halogens is 2. The second-order valence-corrected chi connectivity index (χ2v) is 6.84. The van der Waals surface area contributed by atoms with Crippen LogP contribution in [0.5, 0.6) is 0 Å². The van der Waals surface area contributed by atoms with Crippen molar-refractivity contribution in [3.8, 4) is 0 Å². The number of amides is 1. The summed E-state index contributed by atoms with van der Waals surface area (Å²) in [6.07, 6.45) is 1.96. The Morgan fingerprint density at radius 3 is 2.48 bits per heavy atom. The molecule has 1 aliphatic heterocycles. The number of likely N-dealkylation sites (tertiary alicyclic amines) is 1. The van der Waals surface area contributed by atoms with Crippen LogP contribution in [0.2, 0.25) is 0 Å². The van der Waals surface area contributed by atoms with Crippen molar-refractivity contribution in [3.63, 3.8) is 0 Å². The lowest BCUT2D eigenvalue weighted by Crippen LogP contribution is -2.46. The molecule has 8 heteroatoms. The molecule has 1 aromatic carbocycles. The minimum absolute atomic E-state index is 0.235. The Kier molecular flexibility index (Phi) is 4.58. The van der Waals surface area contributed by atoms with Crippen molar-refractivity contribution in [2.24, 2.45) is 0 Å². The van der Waals surface area contributed by atoms with E-state index in [-0.39, 0.29) is 11.6 Å². The number of hydrogen-bond acceptors (Lipinski definition) is 3. The molecular weight excluding hydrogens is 302 g/mol. The lowest BCUT2D eigenvalue weighted by atomic mass is 10.0. The zero-order valence-electron chi connectivity index (χ0n) is 11.5. The van der Waals surface area contributed by atoms with Crippen LogP contribution >= 0.6 is 0 Å². The minimum atomic E-state index is -3.29. The van der Waals surface area contributed by atoms with E-state index in [0.29, 0.717) is 25.9 Å². The molecule has 1 heterocycles. The Morgan fingerprint density at radius 2 is 1.90 bits per heavy atom. The summed E-state index contributed by atoms with van der Waals surface area (Å²) in [5.74, 6) is -2.79. The number of piperidine rings is 1. The Morgan fingerprint density at radius 1 is 1.29 bits per heavy atom. The van der Waals surface area contributed by atoms with Gasteiger partial charge in [0.2, 0.25) is 10.0 Å². The smallest absolute Gasteiger partial charge is 0.256 e. The van der Waals surface area contributed by atoms with Gasteiger partial charge in [0.1, 0.15) is 0 Å². The number of rotatable bonds is 3. The van der Waals surface area contributed by atoms with Crippen LogP contribution in [0.25, 0.3) is 0 Å². The van der Waals surface area contributed by atoms with Crippen LogP contribution in [-0.2, 0) is 10.0 Å². The van der Waals surface area contributed by atoms with Crippen molar-refractivity contribution in [3.05, 3.63) is 35.4 Å². The van der Waals surface area contributed by atoms with Crippen LogP contribution in [0.15, 0.2) is 18.2 Å². The van der Waals surface area contributed by atoms with E-state index in [4.69, 9.17) is 0 Å². The van der Waals surface area contributed by atoms with Gasteiger partial charge in [-0.05, 0) is 25.0 Å². The number of hydrogen-bond donors (Lipinski definition) is 1. The van der Waals surface area contributed by atoms with E-state index in [1.54, 1.807) is 0 Å². The highest BCUT2D eigenvalue weighted by Crippen LogP contribution is 2.18. The average molecular weight is 318 g/mol. The Labute approximate surface area is 122 Å². The van der Waals surface area contributed by atoms with E-state index >= 15 is 0 Å². The third-order valence-corrected chi connectivity index (χ3v) is 4.11. The summed E-state index contributed by atoms with van der Waals surface area (Å²) in [6, 6.07) is 3.24. The predicted molar refractivity (Wildman–Crippen MR) is 73.3 cm³/mol. The molecule has 0 saturated carbocycles. The van der Waals surface area contributed by atoms with Gasteiger partial charge in [-0.1, -0.05) is 6.07 Å². The van der Waals surface area contributed by atoms with Crippen LogP contribution in [0.4, 0.5) is 8.78 Å². The summed E-state index contributed by atoms with van der Waals surface area (Å²) in [7, 11) is -3.29. The number of sulfonamides is 1. The maximum atomic E-state index is 13.6. The molecule has 116 valence electrons. The number of carbonyl (C=O) groups excluding carboxylic acids is 1. The van der Waals surface area contributed by atoms with Crippen LogP contribution < -0.4 is 4.72 Å². The standard InChI is InChI=1S/C13H16F2N2O3S/c1-21(19,20)16-9-5-7-17(8-6-9)13(18)10-3-2-4-11(14)12(10)15/h2-4,9,16H,5-8H2,1H3. The van der Waals surface area contributed by atoms with Crippen molar-refractivity contribution < 1.29 is 22.0 Å². The lowest BCUT2D eigenvalue weighted by molar-refractivity contribution is 0.0705. The van der Waals surface area contributed by atoms with Crippen molar-refractivity contribution >= 4 is 15.9 Å². The largest absolute Gasteiger partial charge is 0.338 e. The Balaban J connectivity index is 2.02. The number of benzene rings is 1. The third-order valence-electron chi connectivity index (χ3n) is 3.34. The first-order valence-corrected chi connectivity index (χ1v) is 8.37. The van der Waals surface area contributed by atoms with Gasteiger partial charge in [-0.25, -0.2) is 21.9 Å². The zero-order chi connectivity index (χ0) is 15.6. The highest BCUT2D eigenvalue weighted by Gasteiger charge is 2.27. The second kappa shape index (κ2) is 6.07. The fourth-order valence-corrected chi connectivity index (χ4v) is 3.18. The fraction of sp³-hybridized carbons (Fsp3) is 0.462. The topological polar surface area (TPSA) is 66.5 Å². The predicted octanol–water partition coefficient (Wildman–Crippen LogP) is 1.12. The molecule has 1 N–H and O–H groups in total. The molecule has 1 aliphatic rings. The van der Waals surface area contributed by atoms with Gasteiger partial charge < -0.3 is 4.90 Å². The molecule has 2 rings (SSSR count). The third kappa shape index (κ3) is 3.98. The first kappa shape index (κ1) is 15.8. The van der Waals surface area contributed by atoms with Crippen molar-refractivity contribution in [1.82, 2.24) is 9.62 Å². The molecule has 0 radical (unpaired) electrons.